The summed E-state index contributed by atoms with van der Waals surface area (Å²) in [5, 5.41) is 0. The van der Waals surface area contributed by atoms with Crippen LogP contribution in [0.1, 0.15) is 29.5 Å². The summed E-state index contributed by atoms with van der Waals surface area (Å²) in [6.45, 7) is 1.40. The van der Waals surface area contributed by atoms with E-state index in [0.717, 1.165) is 41.8 Å². The topological polar surface area (TPSA) is 60.9 Å². The maximum absolute atomic E-state index is 14.6. The van der Waals surface area contributed by atoms with Gasteiger partial charge in [-0.05, 0) is 36.6 Å². The van der Waals surface area contributed by atoms with Crippen LogP contribution in [0, 0.1) is 11.8 Å². The smallest absolute Gasteiger partial charge is 0.253 e. The molecule has 3 saturated heterocycles. The summed E-state index contributed by atoms with van der Waals surface area (Å²) in [5.74, 6) is -1.61. The summed E-state index contributed by atoms with van der Waals surface area (Å²) in [6.07, 6.45) is 1.75. The number of nitrogens with zero attached hydrogens (tertiary/aromatic N) is 3. The van der Waals surface area contributed by atoms with Crippen molar-refractivity contribution in [2.75, 3.05) is 11.4 Å². The van der Waals surface area contributed by atoms with Crippen molar-refractivity contribution in [3.8, 4) is 0 Å². The highest BCUT2D eigenvalue weighted by atomic mass is 16.2. The molecule has 180 valence electrons. The lowest BCUT2D eigenvalue weighted by Gasteiger charge is -2.37. The Balaban J connectivity index is 1.36. The van der Waals surface area contributed by atoms with Gasteiger partial charge in [0.2, 0.25) is 11.8 Å². The third-order valence-corrected chi connectivity index (χ3v) is 8.60. The van der Waals surface area contributed by atoms with E-state index in [-0.39, 0.29) is 30.3 Å². The van der Waals surface area contributed by atoms with E-state index in [2.05, 4.69) is 4.90 Å². The summed E-state index contributed by atoms with van der Waals surface area (Å²) in [7, 11) is 0. The lowest BCUT2D eigenvalue weighted by Crippen LogP contribution is -2.55. The highest BCUT2D eigenvalue weighted by Gasteiger charge is 2.75. The summed E-state index contributed by atoms with van der Waals surface area (Å²) in [5.41, 5.74) is 2.53. The number of hydrogen-bond acceptors (Lipinski definition) is 4. The first kappa shape index (κ1) is 21.5. The second kappa shape index (κ2) is 7.87. The number of rotatable bonds is 4. The third-order valence-electron chi connectivity index (χ3n) is 8.60. The molecule has 1 spiro atoms. The number of fused-ring (bicyclic) bond motifs is 7. The zero-order valence-electron chi connectivity index (χ0n) is 19.9. The van der Waals surface area contributed by atoms with Crippen molar-refractivity contribution >= 4 is 23.4 Å². The highest BCUT2D eigenvalue weighted by molar-refractivity contribution is 6.16. The Morgan fingerprint density at radius 3 is 2.03 bits per heavy atom. The fourth-order valence-electron chi connectivity index (χ4n) is 7.24. The van der Waals surface area contributed by atoms with Crippen LogP contribution in [0.4, 0.5) is 5.69 Å². The number of likely N-dealkylation sites (tertiary alicyclic amines) is 1. The first-order valence-corrected chi connectivity index (χ1v) is 12.7. The zero-order chi connectivity index (χ0) is 24.4. The minimum Gasteiger partial charge on any atom is -0.306 e. The molecule has 0 bridgehead atoms. The van der Waals surface area contributed by atoms with E-state index in [9.17, 15) is 14.4 Å². The van der Waals surface area contributed by atoms with E-state index in [1.165, 1.54) is 4.90 Å². The fraction of sp³-hybridized carbons (Fsp3) is 0.300. The van der Waals surface area contributed by atoms with E-state index < -0.39 is 17.4 Å². The van der Waals surface area contributed by atoms with Crippen LogP contribution < -0.4 is 4.90 Å². The van der Waals surface area contributed by atoms with Gasteiger partial charge in [-0.2, -0.15) is 0 Å². The van der Waals surface area contributed by atoms with Crippen LogP contribution in [-0.2, 0) is 33.0 Å². The monoisotopic (exact) mass is 477 g/mol. The number of anilines is 1. The van der Waals surface area contributed by atoms with Crippen LogP contribution in [0.15, 0.2) is 84.9 Å². The van der Waals surface area contributed by atoms with Crippen LogP contribution in [0.2, 0.25) is 0 Å². The van der Waals surface area contributed by atoms with Crippen LogP contribution in [0.5, 0.6) is 0 Å². The normalized spacial score (nSPS) is 28.8. The molecule has 7 rings (SSSR count). The Bertz CT molecular complexity index is 1370. The van der Waals surface area contributed by atoms with E-state index in [4.69, 9.17) is 0 Å². The van der Waals surface area contributed by atoms with Crippen LogP contribution in [-0.4, -0.2) is 40.1 Å². The summed E-state index contributed by atoms with van der Waals surface area (Å²) in [4.78, 5) is 48.0. The SMILES string of the molecule is O=C1[C@@H]2[C@H]3CCCN3[C@@]3(C(=O)N(Cc4ccccc4)c4ccccc43)[C@@H]2C(=O)N1Cc1ccccc1. The number of carbonyl (C=O) groups excluding carboxylic acids is 3. The molecule has 3 aromatic carbocycles. The first-order valence-electron chi connectivity index (χ1n) is 12.7. The minimum absolute atomic E-state index is 0.0744. The van der Waals surface area contributed by atoms with Gasteiger partial charge in [0.25, 0.3) is 5.91 Å². The molecule has 0 aromatic heterocycles. The molecule has 0 unspecified atom stereocenters. The van der Waals surface area contributed by atoms with E-state index in [1.807, 2.05) is 89.8 Å². The molecule has 0 saturated carbocycles. The zero-order valence-corrected chi connectivity index (χ0v) is 19.9. The van der Waals surface area contributed by atoms with Crippen LogP contribution in [0.25, 0.3) is 0 Å². The van der Waals surface area contributed by atoms with Gasteiger partial charge in [0.05, 0.1) is 24.9 Å². The van der Waals surface area contributed by atoms with Crippen molar-refractivity contribution < 1.29 is 14.4 Å². The molecule has 3 amide bonds. The molecule has 3 aromatic rings. The van der Waals surface area contributed by atoms with Gasteiger partial charge in [-0.15, -0.1) is 0 Å². The molecule has 6 heteroatoms. The average molecular weight is 478 g/mol. The molecular weight excluding hydrogens is 450 g/mol. The highest BCUT2D eigenvalue weighted by Crippen LogP contribution is 2.61. The molecule has 4 heterocycles. The predicted octanol–water partition coefficient (Wildman–Crippen LogP) is 3.71. The van der Waals surface area contributed by atoms with Gasteiger partial charge in [0, 0.05) is 17.3 Å². The fourth-order valence-corrected chi connectivity index (χ4v) is 7.24. The molecule has 4 atom stereocenters. The predicted molar refractivity (Wildman–Crippen MR) is 134 cm³/mol. The number of amides is 3. The molecule has 3 fully saturated rings. The molecular formula is C30H27N3O3. The number of imide groups is 1. The van der Waals surface area contributed by atoms with Gasteiger partial charge in [-0.1, -0.05) is 78.9 Å². The number of benzene rings is 3. The summed E-state index contributed by atoms with van der Waals surface area (Å²) in [6, 6.07) is 27.3. The van der Waals surface area contributed by atoms with Gasteiger partial charge in [0.1, 0.15) is 5.54 Å². The number of hydrogen-bond donors (Lipinski definition) is 0. The van der Waals surface area contributed by atoms with Crippen molar-refractivity contribution in [1.29, 1.82) is 0 Å². The van der Waals surface area contributed by atoms with Gasteiger partial charge < -0.3 is 4.90 Å². The molecule has 0 radical (unpaired) electrons. The molecule has 6 nitrogen and oxygen atoms in total. The van der Waals surface area contributed by atoms with Gasteiger partial charge in [-0.3, -0.25) is 24.2 Å². The quantitative estimate of drug-likeness (QED) is 0.538. The van der Waals surface area contributed by atoms with Crippen molar-refractivity contribution in [1.82, 2.24) is 9.80 Å². The lowest BCUT2D eigenvalue weighted by atomic mass is 9.75. The molecule has 4 aliphatic heterocycles. The van der Waals surface area contributed by atoms with Crippen LogP contribution in [0.3, 0.4) is 0 Å². The van der Waals surface area contributed by atoms with Crippen LogP contribution >= 0.6 is 0 Å². The van der Waals surface area contributed by atoms with Crippen molar-refractivity contribution in [3.63, 3.8) is 0 Å². The molecule has 4 aliphatic rings. The molecule has 36 heavy (non-hydrogen) atoms. The molecule has 0 aliphatic carbocycles. The number of carbonyl (C=O) groups is 3. The van der Waals surface area contributed by atoms with Crippen molar-refractivity contribution in [3.05, 3.63) is 102 Å². The first-order chi connectivity index (χ1) is 17.6. The Labute approximate surface area is 210 Å². The lowest BCUT2D eigenvalue weighted by molar-refractivity contribution is -0.146. The standard InChI is InChI=1S/C30H27N3O3/c34-27-25-24-16-9-17-33(24)30(26(25)28(35)32(27)19-21-12-5-2-6-13-21)22-14-7-8-15-23(22)31(29(30)36)18-20-10-3-1-4-11-20/h1-8,10-15,24-26H,9,16-19H2/t24-,25-,26+,30-/m1/s1. The molecule has 0 N–H and O–H groups in total. The Morgan fingerprint density at radius 1 is 0.722 bits per heavy atom. The second-order valence-corrected chi connectivity index (χ2v) is 10.3. The van der Waals surface area contributed by atoms with E-state index in [0.29, 0.717) is 6.54 Å². The van der Waals surface area contributed by atoms with Crippen molar-refractivity contribution in [2.45, 2.75) is 37.5 Å². The summed E-state index contributed by atoms with van der Waals surface area (Å²) < 4.78 is 0. The van der Waals surface area contributed by atoms with Gasteiger partial charge in [-0.25, -0.2) is 0 Å². The third kappa shape index (κ3) is 2.73. The number of para-hydroxylation sites is 1. The Hall–Kier alpha value is -3.77. The Morgan fingerprint density at radius 2 is 1.33 bits per heavy atom. The van der Waals surface area contributed by atoms with E-state index in [1.54, 1.807) is 0 Å². The average Bonchev–Trinajstić information content (AvgIpc) is 3.61. The van der Waals surface area contributed by atoms with E-state index >= 15 is 0 Å². The van der Waals surface area contributed by atoms with Gasteiger partial charge in [0.15, 0.2) is 0 Å². The van der Waals surface area contributed by atoms with Gasteiger partial charge >= 0.3 is 0 Å². The maximum Gasteiger partial charge on any atom is 0.253 e. The Kier molecular flexibility index (Phi) is 4.70. The summed E-state index contributed by atoms with van der Waals surface area (Å²) >= 11 is 0. The maximum atomic E-state index is 14.6. The van der Waals surface area contributed by atoms with Crippen molar-refractivity contribution in [2.24, 2.45) is 11.8 Å². The second-order valence-electron chi connectivity index (χ2n) is 10.3. The largest absolute Gasteiger partial charge is 0.306 e. The minimum atomic E-state index is -1.13.